The quantitative estimate of drug-likeness (QED) is 0.362. The van der Waals surface area contributed by atoms with Crippen molar-refractivity contribution in [3.8, 4) is 0 Å². The molecule has 0 aliphatic carbocycles. The van der Waals surface area contributed by atoms with E-state index in [-0.39, 0.29) is 19.0 Å². The molecular weight excluding hydrogens is 480 g/mol. The number of nitrogens with one attached hydrogen (secondary N) is 1. The Morgan fingerprint density at radius 1 is 1.29 bits per heavy atom. The highest BCUT2D eigenvalue weighted by Crippen LogP contribution is 2.41. The maximum Gasteiger partial charge on any atom is 0.307 e. The van der Waals surface area contributed by atoms with Gasteiger partial charge in [0.15, 0.2) is 17.2 Å². The Labute approximate surface area is 212 Å². The molecule has 0 radical (unpaired) electrons. The molecular formula is C24H35ClN2O6S. The van der Waals surface area contributed by atoms with Gasteiger partial charge in [-0.15, -0.1) is 0 Å². The lowest BCUT2D eigenvalue weighted by molar-refractivity contribution is -0.223. The standard InChI is InChI=1S/C24H35ClN2O6S/c1-6-8-13-27(23(34)26-16-12-10-9-11-15(16)25)17(14-18(28)30-7-2)19-20(29-5)21-22(31-19)33-24(3,4)32-21/h9-12,17,19-22H,6-8,13-14H2,1-5H3,(H,26,34)/t17?,19?,20-,21+,22+/m1/s1. The number of benzene rings is 1. The Kier molecular flexibility index (Phi) is 9.54. The summed E-state index contributed by atoms with van der Waals surface area (Å²) in [4.78, 5) is 14.6. The van der Waals surface area contributed by atoms with Gasteiger partial charge in [0.1, 0.15) is 18.3 Å². The molecule has 8 nitrogen and oxygen atoms in total. The minimum absolute atomic E-state index is 0.0647. The van der Waals surface area contributed by atoms with Crippen LogP contribution in [-0.2, 0) is 28.5 Å². The number of halogens is 1. The van der Waals surface area contributed by atoms with E-state index in [0.717, 1.165) is 12.8 Å². The molecule has 2 fully saturated rings. The van der Waals surface area contributed by atoms with E-state index in [1.54, 1.807) is 20.1 Å². The number of para-hydroxylation sites is 1. The zero-order valence-electron chi connectivity index (χ0n) is 20.4. The first-order chi connectivity index (χ1) is 16.2. The van der Waals surface area contributed by atoms with E-state index in [0.29, 0.717) is 22.4 Å². The molecule has 5 atom stereocenters. The molecule has 0 bridgehead atoms. The highest BCUT2D eigenvalue weighted by molar-refractivity contribution is 7.80. The summed E-state index contributed by atoms with van der Waals surface area (Å²) in [5.41, 5.74) is 0.687. The van der Waals surface area contributed by atoms with Gasteiger partial charge >= 0.3 is 5.97 Å². The van der Waals surface area contributed by atoms with E-state index in [1.165, 1.54) is 0 Å². The summed E-state index contributed by atoms with van der Waals surface area (Å²) in [5.74, 6) is -1.12. The van der Waals surface area contributed by atoms with Gasteiger partial charge in [-0.05, 0) is 51.5 Å². The summed E-state index contributed by atoms with van der Waals surface area (Å²) < 4.78 is 29.5. The van der Waals surface area contributed by atoms with Crippen molar-refractivity contribution in [2.24, 2.45) is 0 Å². The first kappa shape index (κ1) is 27.1. The van der Waals surface area contributed by atoms with Gasteiger partial charge in [0.05, 0.1) is 29.8 Å². The molecule has 1 aromatic rings. The Bertz CT molecular complexity index is 857. The molecule has 3 rings (SSSR count). The highest BCUT2D eigenvalue weighted by atomic mass is 35.5. The number of esters is 1. The van der Waals surface area contributed by atoms with E-state index in [4.69, 9.17) is 47.5 Å². The number of rotatable bonds is 10. The minimum Gasteiger partial charge on any atom is -0.466 e. The molecule has 2 aliphatic heterocycles. The van der Waals surface area contributed by atoms with E-state index in [9.17, 15) is 4.79 Å². The lowest BCUT2D eigenvalue weighted by atomic mass is 9.98. The Hall–Kier alpha value is -1.49. The van der Waals surface area contributed by atoms with Gasteiger partial charge in [0.2, 0.25) is 0 Å². The normalized spacial score (nSPS) is 26.1. The Morgan fingerprint density at radius 3 is 2.68 bits per heavy atom. The van der Waals surface area contributed by atoms with Crippen molar-refractivity contribution in [1.82, 2.24) is 4.90 Å². The monoisotopic (exact) mass is 514 g/mol. The van der Waals surface area contributed by atoms with Crippen molar-refractivity contribution in [2.45, 2.75) is 83.4 Å². The van der Waals surface area contributed by atoms with Crippen LogP contribution in [0.2, 0.25) is 5.02 Å². The summed E-state index contributed by atoms with van der Waals surface area (Å²) in [6, 6.07) is 6.90. The molecule has 0 saturated carbocycles. The zero-order valence-corrected chi connectivity index (χ0v) is 22.0. The van der Waals surface area contributed by atoms with Gasteiger partial charge in [-0.25, -0.2) is 0 Å². The third-order valence-corrected chi connectivity index (χ3v) is 6.55. The average Bonchev–Trinajstić information content (AvgIpc) is 3.26. The SMILES string of the molecule is CCCCN(C(=S)Nc1ccccc1Cl)C(CC(=O)OCC)C1O[C@H]2OC(C)(C)O[C@H]2[C@@H]1OC. The molecule has 0 aromatic heterocycles. The van der Waals surface area contributed by atoms with Crippen molar-refractivity contribution in [1.29, 1.82) is 0 Å². The van der Waals surface area contributed by atoms with Crippen molar-refractivity contribution in [2.75, 3.05) is 25.6 Å². The minimum atomic E-state index is -0.781. The number of hydrogen-bond donors (Lipinski definition) is 1. The molecule has 2 heterocycles. The maximum atomic E-state index is 12.7. The summed E-state index contributed by atoms with van der Waals surface area (Å²) >= 11 is 12.2. The lowest BCUT2D eigenvalue weighted by Crippen LogP contribution is -2.54. The van der Waals surface area contributed by atoms with Gasteiger partial charge in [-0.1, -0.05) is 37.1 Å². The highest BCUT2D eigenvalue weighted by Gasteiger charge is 2.58. The van der Waals surface area contributed by atoms with Crippen LogP contribution in [0.25, 0.3) is 0 Å². The largest absolute Gasteiger partial charge is 0.466 e. The summed E-state index contributed by atoms with van der Waals surface area (Å²) in [5, 5.41) is 4.23. The third kappa shape index (κ3) is 6.38. The molecule has 1 aromatic carbocycles. The Balaban J connectivity index is 1.91. The summed E-state index contributed by atoms with van der Waals surface area (Å²) in [7, 11) is 1.61. The zero-order chi connectivity index (χ0) is 24.9. The number of anilines is 1. The molecule has 34 heavy (non-hydrogen) atoms. The fraction of sp³-hybridized carbons (Fsp3) is 0.667. The third-order valence-electron chi connectivity index (χ3n) is 5.89. The number of carbonyl (C=O) groups excluding carboxylic acids is 1. The Morgan fingerprint density at radius 2 is 2.03 bits per heavy atom. The number of thiocarbonyl (C=S) groups is 1. The second-order valence-corrected chi connectivity index (χ2v) is 9.60. The van der Waals surface area contributed by atoms with E-state index in [1.807, 2.05) is 36.9 Å². The van der Waals surface area contributed by atoms with Crippen LogP contribution in [0.5, 0.6) is 0 Å². The van der Waals surface area contributed by atoms with Crippen LogP contribution in [0.1, 0.15) is 47.0 Å². The second-order valence-electron chi connectivity index (χ2n) is 8.80. The van der Waals surface area contributed by atoms with Gasteiger partial charge in [0.25, 0.3) is 0 Å². The summed E-state index contributed by atoms with van der Waals surface area (Å²) in [6.07, 6.45) is -0.152. The summed E-state index contributed by atoms with van der Waals surface area (Å²) in [6.45, 7) is 8.44. The van der Waals surface area contributed by atoms with Crippen molar-refractivity contribution >= 4 is 40.6 Å². The van der Waals surface area contributed by atoms with Crippen molar-refractivity contribution in [3.05, 3.63) is 29.3 Å². The van der Waals surface area contributed by atoms with Crippen molar-refractivity contribution < 1.29 is 28.5 Å². The van der Waals surface area contributed by atoms with Crippen LogP contribution in [0.3, 0.4) is 0 Å². The first-order valence-corrected chi connectivity index (χ1v) is 12.5. The van der Waals surface area contributed by atoms with Gasteiger partial charge in [-0.3, -0.25) is 4.79 Å². The smallest absolute Gasteiger partial charge is 0.307 e. The first-order valence-electron chi connectivity index (χ1n) is 11.7. The van der Waals surface area contributed by atoms with Crippen molar-refractivity contribution in [3.63, 3.8) is 0 Å². The molecule has 2 aliphatic rings. The van der Waals surface area contributed by atoms with Gasteiger partial charge in [-0.2, -0.15) is 0 Å². The number of nitrogens with zero attached hydrogens (tertiary/aromatic N) is 1. The number of ether oxygens (including phenoxy) is 5. The van der Waals surface area contributed by atoms with Gasteiger partial charge < -0.3 is 33.9 Å². The molecule has 0 spiro atoms. The predicted octanol–water partition coefficient (Wildman–Crippen LogP) is 4.35. The van der Waals surface area contributed by atoms with Crippen LogP contribution < -0.4 is 5.32 Å². The van der Waals surface area contributed by atoms with Crippen LogP contribution in [0, 0.1) is 0 Å². The average molecular weight is 515 g/mol. The fourth-order valence-corrected chi connectivity index (χ4v) is 4.89. The molecule has 0 amide bonds. The lowest BCUT2D eigenvalue weighted by Gasteiger charge is -2.39. The van der Waals surface area contributed by atoms with E-state index in [2.05, 4.69) is 12.2 Å². The molecule has 2 saturated heterocycles. The predicted molar refractivity (Wildman–Crippen MR) is 134 cm³/mol. The molecule has 2 unspecified atom stereocenters. The number of fused-ring (bicyclic) bond motifs is 1. The van der Waals surface area contributed by atoms with Crippen LogP contribution in [-0.4, -0.2) is 72.7 Å². The molecule has 10 heteroatoms. The van der Waals surface area contributed by atoms with Crippen LogP contribution >= 0.6 is 23.8 Å². The number of unbranched alkanes of at least 4 members (excludes halogenated alkanes) is 1. The maximum absolute atomic E-state index is 12.7. The molecule has 190 valence electrons. The van der Waals surface area contributed by atoms with E-state index < -0.39 is 36.4 Å². The molecule has 1 N–H and O–H groups in total. The van der Waals surface area contributed by atoms with Crippen LogP contribution in [0.4, 0.5) is 5.69 Å². The number of hydrogen-bond acceptors (Lipinski definition) is 7. The second kappa shape index (κ2) is 12.0. The number of methoxy groups -OCH3 is 1. The van der Waals surface area contributed by atoms with Crippen LogP contribution in [0.15, 0.2) is 24.3 Å². The van der Waals surface area contributed by atoms with Gasteiger partial charge in [0, 0.05) is 13.7 Å². The fourth-order valence-electron chi connectivity index (χ4n) is 4.37. The van der Waals surface area contributed by atoms with E-state index >= 15 is 0 Å². The topological polar surface area (TPSA) is 78.5 Å². The number of carbonyl (C=O) groups is 1.